The lowest BCUT2D eigenvalue weighted by Crippen LogP contribution is -2.38. The average Bonchev–Trinajstić information content (AvgIpc) is 2.60. The maximum atomic E-state index is 12.2. The Morgan fingerprint density at radius 1 is 1.16 bits per heavy atom. The first kappa shape index (κ1) is 19.4. The van der Waals surface area contributed by atoms with Gasteiger partial charge in [0.15, 0.2) is 5.96 Å². The normalized spacial score (nSPS) is 16.0. The lowest BCUT2D eigenvalue weighted by Gasteiger charge is -2.28. The van der Waals surface area contributed by atoms with Gasteiger partial charge in [-0.2, -0.15) is 13.2 Å². The second kappa shape index (κ2) is 9.50. The number of morpholine rings is 1. The minimum Gasteiger partial charge on any atom is -0.378 e. The van der Waals surface area contributed by atoms with Crippen LogP contribution in [0, 0.1) is 0 Å². The molecule has 1 saturated heterocycles. The van der Waals surface area contributed by atoms with Crippen LogP contribution in [0.4, 0.5) is 18.9 Å². The van der Waals surface area contributed by atoms with Crippen LogP contribution >= 0.6 is 0 Å². The molecule has 25 heavy (non-hydrogen) atoms. The predicted molar refractivity (Wildman–Crippen MR) is 93.0 cm³/mol. The molecule has 1 aliphatic rings. The fraction of sp³-hybridized carbons (Fsp3) is 0.588. The molecule has 0 atom stereocenters. The van der Waals surface area contributed by atoms with Gasteiger partial charge in [0, 0.05) is 31.9 Å². The van der Waals surface area contributed by atoms with Crippen LogP contribution < -0.4 is 15.5 Å². The van der Waals surface area contributed by atoms with Crippen LogP contribution in [0.1, 0.15) is 18.9 Å². The van der Waals surface area contributed by atoms with E-state index in [0.29, 0.717) is 19.0 Å². The molecular weight excluding hydrogens is 333 g/mol. The Kier molecular flexibility index (Phi) is 7.36. The molecule has 0 radical (unpaired) electrons. The third-order valence-electron chi connectivity index (χ3n) is 3.78. The van der Waals surface area contributed by atoms with E-state index < -0.39 is 12.6 Å². The summed E-state index contributed by atoms with van der Waals surface area (Å²) in [7, 11) is 0. The number of aliphatic imine (C=N–C) groups is 1. The van der Waals surface area contributed by atoms with E-state index in [4.69, 9.17) is 4.74 Å². The van der Waals surface area contributed by atoms with E-state index in [2.05, 4.69) is 20.5 Å². The number of guanidine groups is 1. The highest BCUT2D eigenvalue weighted by atomic mass is 19.4. The Morgan fingerprint density at radius 3 is 2.44 bits per heavy atom. The van der Waals surface area contributed by atoms with Gasteiger partial charge >= 0.3 is 6.18 Å². The maximum Gasteiger partial charge on any atom is 0.390 e. The monoisotopic (exact) mass is 358 g/mol. The van der Waals surface area contributed by atoms with Gasteiger partial charge in [-0.15, -0.1) is 0 Å². The van der Waals surface area contributed by atoms with Gasteiger partial charge in [-0.3, -0.25) is 0 Å². The molecule has 140 valence electrons. The molecule has 0 aliphatic carbocycles. The maximum absolute atomic E-state index is 12.2. The number of rotatable bonds is 6. The van der Waals surface area contributed by atoms with Crippen LogP contribution in [0.2, 0.25) is 0 Å². The number of nitrogens with one attached hydrogen (secondary N) is 2. The Labute approximate surface area is 146 Å². The van der Waals surface area contributed by atoms with Gasteiger partial charge in [0.2, 0.25) is 0 Å². The van der Waals surface area contributed by atoms with Gasteiger partial charge in [-0.1, -0.05) is 12.1 Å². The van der Waals surface area contributed by atoms with Crippen LogP contribution in [0.3, 0.4) is 0 Å². The standard InChI is InChI=1S/C17H25F3N4O/c1-2-21-16(22-8-7-17(18,19)20)23-13-14-3-5-15(6-4-14)24-9-11-25-12-10-24/h3-6H,2,7-13H2,1H3,(H2,21,22,23). The van der Waals surface area contributed by atoms with Crippen molar-refractivity contribution in [3.05, 3.63) is 29.8 Å². The number of halogens is 3. The molecule has 2 rings (SSSR count). The lowest BCUT2D eigenvalue weighted by atomic mass is 10.2. The van der Waals surface area contributed by atoms with Crippen molar-refractivity contribution in [2.45, 2.75) is 26.1 Å². The predicted octanol–water partition coefficient (Wildman–Crippen LogP) is 2.53. The van der Waals surface area contributed by atoms with Crippen molar-refractivity contribution >= 4 is 11.6 Å². The van der Waals surface area contributed by atoms with Crippen molar-refractivity contribution in [1.82, 2.24) is 10.6 Å². The number of hydrogen-bond donors (Lipinski definition) is 2. The summed E-state index contributed by atoms with van der Waals surface area (Å²) in [6.07, 6.45) is -5.05. The quantitative estimate of drug-likeness (QED) is 0.606. The first-order valence-corrected chi connectivity index (χ1v) is 8.48. The third-order valence-corrected chi connectivity index (χ3v) is 3.78. The largest absolute Gasteiger partial charge is 0.390 e. The van der Waals surface area contributed by atoms with Crippen LogP contribution in [-0.2, 0) is 11.3 Å². The minimum atomic E-state index is -4.17. The Balaban J connectivity index is 1.88. The number of anilines is 1. The Bertz CT molecular complexity index is 540. The molecule has 0 saturated carbocycles. The summed E-state index contributed by atoms with van der Waals surface area (Å²) in [6, 6.07) is 8.07. The second-order valence-electron chi connectivity index (χ2n) is 5.75. The van der Waals surface area contributed by atoms with E-state index in [-0.39, 0.29) is 6.54 Å². The lowest BCUT2D eigenvalue weighted by molar-refractivity contribution is -0.132. The van der Waals surface area contributed by atoms with Crippen LogP contribution in [0.25, 0.3) is 0 Å². The molecule has 1 fully saturated rings. The first-order chi connectivity index (χ1) is 12.0. The zero-order valence-electron chi connectivity index (χ0n) is 14.4. The van der Waals surface area contributed by atoms with Crippen molar-refractivity contribution in [1.29, 1.82) is 0 Å². The molecule has 2 N–H and O–H groups in total. The molecule has 1 aromatic carbocycles. The van der Waals surface area contributed by atoms with Crippen molar-refractivity contribution in [2.75, 3.05) is 44.3 Å². The SMILES string of the molecule is CCNC(=NCc1ccc(N2CCOCC2)cc1)NCCC(F)(F)F. The molecule has 1 heterocycles. The molecule has 1 aromatic rings. The number of hydrogen-bond acceptors (Lipinski definition) is 3. The summed E-state index contributed by atoms with van der Waals surface area (Å²) in [6.45, 7) is 5.92. The Morgan fingerprint density at radius 2 is 1.84 bits per heavy atom. The summed E-state index contributed by atoms with van der Waals surface area (Å²) in [4.78, 5) is 6.60. The summed E-state index contributed by atoms with van der Waals surface area (Å²) >= 11 is 0. The zero-order valence-corrected chi connectivity index (χ0v) is 14.4. The Hall–Kier alpha value is -1.96. The highest BCUT2D eigenvalue weighted by Gasteiger charge is 2.26. The van der Waals surface area contributed by atoms with Gasteiger partial charge in [0.1, 0.15) is 0 Å². The summed E-state index contributed by atoms with van der Waals surface area (Å²) in [5, 5.41) is 5.66. The van der Waals surface area contributed by atoms with Gasteiger partial charge < -0.3 is 20.3 Å². The van der Waals surface area contributed by atoms with Crippen LogP contribution in [0.5, 0.6) is 0 Å². The highest BCUT2D eigenvalue weighted by Crippen LogP contribution is 2.18. The van der Waals surface area contributed by atoms with Crippen LogP contribution in [0.15, 0.2) is 29.3 Å². The molecule has 1 aliphatic heterocycles. The number of ether oxygens (including phenoxy) is 1. The van der Waals surface area contributed by atoms with Gasteiger partial charge in [0.05, 0.1) is 26.2 Å². The van der Waals surface area contributed by atoms with Gasteiger partial charge in [0.25, 0.3) is 0 Å². The van der Waals surface area contributed by atoms with E-state index in [1.165, 1.54) is 0 Å². The summed E-state index contributed by atoms with van der Waals surface area (Å²) in [5.74, 6) is 0.393. The van der Waals surface area contributed by atoms with Crippen LogP contribution in [-0.4, -0.2) is 51.5 Å². The first-order valence-electron chi connectivity index (χ1n) is 8.48. The van der Waals surface area contributed by atoms with E-state index in [0.717, 1.165) is 37.6 Å². The molecule has 0 bridgehead atoms. The summed E-state index contributed by atoms with van der Waals surface area (Å²) < 4.78 is 42.0. The van der Waals surface area contributed by atoms with Gasteiger partial charge in [-0.05, 0) is 24.6 Å². The topological polar surface area (TPSA) is 48.9 Å². The average molecular weight is 358 g/mol. The van der Waals surface area contributed by atoms with E-state index in [1.54, 1.807) is 0 Å². The third kappa shape index (κ3) is 7.21. The molecule has 5 nitrogen and oxygen atoms in total. The zero-order chi connectivity index (χ0) is 18.1. The van der Waals surface area contributed by atoms with Crippen molar-refractivity contribution < 1.29 is 17.9 Å². The minimum absolute atomic E-state index is 0.189. The molecule has 0 unspecified atom stereocenters. The van der Waals surface area contributed by atoms with E-state index in [9.17, 15) is 13.2 Å². The molecule has 0 amide bonds. The number of nitrogens with zero attached hydrogens (tertiary/aromatic N) is 2. The fourth-order valence-corrected chi connectivity index (χ4v) is 2.47. The molecule has 0 aromatic heterocycles. The fourth-order valence-electron chi connectivity index (χ4n) is 2.47. The number of alkyl halides is 3. The highest BCUT2D eigenvalue weighted by molar-refractivity contribution is 5.79. The van der Waals surface area contributed by atoms with E-state index >= 15 is 0 Å². The van der Waals surface area contributed by atoms with Crippen molar-refractivity contribution in [3.63, 3.8) is 0 Å². The molecular formula is C17H25F3N4O. The molecule has 8 heteroatoms. The van der Waals surface area contributed by atoms with Crippen molar-refractivity contribution in [2.24, 2.45) is 4.99 Å². The number of benzene rings is 1. The van der Waals surface area contributed by atoms with Crippen molar-refractivity contribution in [3.8, 4) is 0 Å². The second-order valence-corrected chi connectivity index (χ2v) is 5.75. The van der Waals surface area contributed by atoms with Gasteiger partial charge in [-0.25, -0.2) is 4.99 Å². The summed E-state index contributed by atoms with van der Waals surface area (Å²) in [5.41, 5.74) is 2.15. The smallest absolute Gasteiger partial charge is 0.378 e. The van der Waals surface area contributed by atoms with E-state index in [1.807, 2.05) is 31.2 Å². The molecule has 0 spiro atoms.